The first-order chi connectivity index (χ1) is 12.1. The third-order valence-corrected chi connectivity index (χ3v) is 3.66. The highest BCUT2D eigenvalue weighted by atomic mass is 16.5. The van der Waals surface area contributed by atoms with E-state index in [-0.39, 0.29) is 12.5 Å². The Bertz CT molecular complexity index is 846. The highest BCUT2D eigenvalue weighted by Gasteiger charge is 2.10. The summed E-state index contributed by atoms with van der Waals surface area (Å²) in [7, 11) is 0. The van der Waals surface area contributed by atoms with Gasteiger partial charge in [-0.1, -0.05) is 38.1 Å². The molecule has 3 rings (SSSR count). The van der Waals surface area contributed by atoms with E-state index in [4.69, 9.17) is 4.74 Å². The standard InChI is InChI=1S/C18H19N5O2/c1-13(2)16-8-3-4-9-17(16)20-18(24)11-25-15-7-5-6-14(10-15)23-12-19-21-22-23/h3-10,12-13H,11H2,1-2H3,(H,20,24). The fraction of sp³-hybridized carbons (Fsp3) is 0.222. The van der Waals surface area contributed by atoms with Crippen molar-refractivity contribution >= 4 is 11.6 Å². The van der Waals surface area contributed by atoms with Crippen molar-refractivity contribution in [2.45, 2.75) is 19.8 Å². The van der Waals surface area contributed by atoms with E-state index in [1.54, 1.807) is 12.1 Å². The summed E-state index contributed by atoms with van der Waals surface area (Å²) in [4.78, 5) is 12.2. The first-order valence-corrected chi connectivity index (χ1v) is 7.98. The van der Waals surface area contributed by atoms with Crippen LogP contribution in [0, 0.1) is 0 Å². The molecule has 128 valence electrons. The number of ether oxygens (including phenoxy) is 1. The molecule has 7 nitrogen and oxygen atoms in total. The van der Waals surface area contributed by atoms with E-state index in [9.17, 15) is 4.79 Å². The van der Waals surface area contributed by atoms with Gasteiger partial charge < -0.3 is 10.1 Å². The summed E-state index contributed by atoms with van der Waals surface area (Å²) in [5.74, 6) is 0.687. The molecule has 0 spiro atoms. The minimum atomic E-state index is -0.207. The minimum absolute atomic E-state index is 0.0779. The number of tetrazole rings is 1. The van der Waals surface area contributed by atoms with E-state index in [0.29, 0.717) is 11.7 Å². The van der Waals surface area contributed by atoms with Crippen LogP contribution in [-0.2, 0) is 4.79 Å². The second-order valence-corrected chi connectivity index (χ2v) is 5.83. The number of aromatic nitrogens is 4. The van der Waals surface area contributed by atoms with Crippen molar-refractivity contribution < 1.29 is 9.53 Å². The fourth-order valence-corrected chi connectivity index (χ4v) is 2.44. The molecule has 0 saturated heterocycles. The van der Waals surface area contributed by atoms with Gasteiger partial charge in [0, 0.05) is 11.8 Å². The molecule has 25 heavy (non-hydrogen) atoms. The van der Waals surface area contributed by atoms with Gasteiger partial charge in [0.2, 0.25) is 0 Å². The molecule has 1 N–H and O–H groups in total. The van der Waals surface area contributed by atoms with E-state index >= 15 is 0 Å². The van der Waals surface area contributed by atoms with Gasteiger partial charge in [0.05, 0.1) is 5.69 Å². The molecule has 0 aliphatic carbocycles. The maximum absolute atomic E-state index is 12.2. The normalized spacial score (nSPS) is 10.7. The van der Waals surface area contributed by atoms with Crippen molar-refractivity contribution in [2.24, 2.45) is 0 Å². The van der Waals surface area contributed by atoms with Crippen molar-refractivity contribution in [1.29, 1.82) is 0 Å². The summed E-state index contributed by atoms with van der Waals surface area (Å²) in [6, 6.07) is 15.0. The quantitative estimate of drug-likeness (QED) is 0.748. The minimum Gasteiger partial charge on any atom is -0.484 e. The number of carbonyl (C=O) groups excluding carboxylic acids is 1. The molecular formula is C18H19N5O2. The Kier molecular flexibility index (Phi) is 5.03. The Labute approximate surface area is 145 Å². The van der Waals surface area contributed by atoms with Crippen LogP contribution in [0.5, 0.6) is 5.75 Å². The molecule has 0 radical (unpaired) electrons. The summed E-state index contributed by atoms with van der Waals surface area (Å²) in [6.45, 7) is 4.10. The SMILES string of the molecule is CC(C)c1ccccc1NC(=O)COc1cccc(-n2cnnn2)c1. The predicted molar refractivity (Wildman–Crippen MR) is 93.8 cm³/mol. The molecule has 0 unspecified atom stereocenters. The van der Waals surface area contributed by atoms with E-state index in [1.165, 1.54) is 11.0 Å². The molecule has 1 aromatic heterocycles. The summed E-state index contributed by atoms with van der Waals surface area (Å²) in [5, 5.41) is 13.9. The van der Waals surface area contributed by atoms with Crippen molar-refractivity contribution in [2.75, 3.05) is 11.9 Å². The lowest BCUT2D eigenvalue weighted by molar-refractivity contribution is -0.118. The van der Waals surface area contributed by atoms with Gasteiger partial charge in [-0.25, -0.2) is 4.68 Å². The Morgan fingerprint density at radius 1 is 1.20 bits per heavy atom. The highest BCUT2D eigenvalue weighted by molar-refractivity contribution is 5.92. The zero-order valence-electron chi connectivity index (χ0n) is 14.1. The molecule has 7 heteroatoms. The lowest BCUT2D eigenvalue weighted by atomic mass is 10.0. The number of nitrogens with zero attached hydrogens (tertiary/aromatic N) is 4. The lowest BCUT2D eigenvalue weighted by Crippen LogP contribution is -2.21. The first-order valence-electron chi connectivity index (χ1n) is 7.98. The van der Waals surface area contributed by atoms with Gasteiger partial charge in [0.15, 0.2) is 6.61 Å². The van der Waals surface area contributed by atoms with Crippen LogP contribution in [0.4, 0.5) is 5.69 Å². The van der Waals surface area contributed by atoms with Crippen LogP contribution in [0.1, 0.15) is 25.3 Å². The monoisotopic (exact) mass is 337 g/mol. The maximum atomic E-state index is 12.2. The molecular weight excluding hydrogens is 318 g/mol. The van der Waals surface area contributed by atoms with E-state index in [0.717, 1.165) is 16.9 Å². The van der Waals surface area contributed by atoms with Crippen molar-refractivity contribution in [1.82, 2.24) is 20.2 Å². The third-order valence-electron chi connectivity index (χ3n) is 3.66. The number of hydrogen-bond donors (Lipinski definition) is 1. The highest BCUT2D eigenvalue weighted by Crippen LogP contribution is 2.23. The molecule has 0 atom stereocenters. The van der Waals surface area contributed by atoms with Crippen LogP contribution in [-0.4, -0.2) is 32.7 Å². The largest absolute Gasteiger partial charge is 0.484 e. The summed E-state index contributed by atoms with van der Waals surface area (Å²) < 4.78 is 7.10. The van der Waals surface area contributed by atoms with Crippen molar-refractivity contribution in [3.8, 4) is 11.4 Å². The molecule has 0 saturated carbocycles. The van der Waals surface area contributed by atoms with Gasteiger partial charge in [0.25, 0.3) is 5.91 Å². The first kappa shape index (κ1) is 16.6. The summed E-state index contributed by atoms with van der Waals surface area (Å²) in [5.41, 5.74) is 2.66. The average Bonchev–Trinajstić information content (AvgIpc) is 3.15. The number of hydrogen-bond acceptors (Lipinski definition) is 5. The summed E-state index contributed by atoms with van der Waals surface area (Å²) >= 11 is 0. The molecule has 0 aliphatic heterocycles. The number of carbonyl (C=O) groups is 1. The van der Waals surface area contributed by atoms with Crippen LogP contribution < -0.4 is 10.1 Å². The van der Waals surface area contributed by atoms with Gasteiger partial charge in [-0.15, -0.1) is 5.10 Å². The van der Waals surface area contributed by atoms with Gasteiger partial charge in [0.1, 0.15) is 12.1 Å². The number of rotatable bonds is 6. The Morgan fingerprint density at radius 3 is 2.80 bits per heavy atom. The van der Waals surface area contributed by atoms with Gasteiger partial charge in [-0.3, -0.25) is 4.79 Å². The lowest BCUT2D eigenvalue weighted by Gasteiger charge is -2.14. The van der Waals surface area contributed by atoms with Crippen LogP contribution in [0.25, 0.3) is 5.69 Å². The molecule has 1 heterocycles. The number of amides is 1. The summed E-state index contributed by atoms with van der Waals surface area (Å²) in [6.07, 6.45) is 1.49. The predicted octanol–water partition coefficient (Wildman–Crippen LogP) is 2.80. The van der Waals surface area contributed by atoms with Crippen LogP contribution in [0.3, 0.4) is 0 Å². The topological polar surface area (TPSA) is 81.9 Å². The van der Waals surface area contributed by atoms with Gasteiger partial charge >= 0.3 is 0 Å². The van der Waals surface area contributed by atoms with E-state index in [2.05, 4.69) is 34.7 Å². The smallest absolute Gasteiger partial charge is 0.262 e. The number of para-hydroxylation sites is 1. The molecule has 0 fully saturated rings. The van der Waals surface area contributed by atoms with Crippen LogP contribution >= 0.6 is 0 Å². The molecule has 3 aromatic rings. The van der Waals surface area contributed by atoms with Crippen molar-refractivity contribution in [3.05, 3.63) is 60.4 Å². The molecule has 1 amide bonds. The molecule has 0 bridgehead atoms. The second-order valence-electron chi connectivity index (χ2n) is 5.83. The Balaban J connectivity index is 1.63. The third kappa shape index (κ3) is 4.20. The number of benzene rings is 2. The van der Waals surface area contributed by atoms with Gasteiger partial charge in [-0.05, 0) is 40.1 Å². The number of anilines is 1. The molecule has 2 aromatic carbocycles. The van der Waals surface area contributed by atoms with E-state index in [1.807, 2.05) is 36.4 Å². The van der Waals surface area contributed by atoms with Crippen molar-refractivity contribution in [3.63, 3.8) is 0 Å². The Morgan fingerprint density at radius 2 is 2.04 bits per heavy atom. The van der Waals surface area contributed by atoms with Crippen LogP contribution in [0.2, 0.25) is 0 Å². The maximum Gasteiger partial charge on any atom is 0.262 e. The molecule has 0 aliphatic rings. The zero-order chi connectivity index (χ0) is 17.6. The number of nitrogens with one attached hydrogen (secondary N) is 1. The van der Waals surface area contributed by atoms with E-state index < -0.39 is 0 Å². The second kappa shape index (κ2) is 7.57. The average molecular weight is 337 g/mol. The Hall–Kier alpha value is -3.22. The van der Waals surface area contributed by atoms with Crippen LogP contribution in [0.15, 0.2) is 54.9 Å². The fourth-order valence-electron chi connectivity index (χ4n) is 2.44. The zero-order valence-corrected chi connectivity index (χ0v) is 14.1. The van der Waals surface area contributed by atoms with Gasteiger partial charge in [-0.2, -0.15) is 0 Å².